The van der Waals surface area contributed by atoms with Crippen molar-refractivity contribution in [1.29, 1.82) is 0 Å². The Morgan fingerprint density at radius 1 is 1.15 bits per heavy atom. The Morgan fingerprint density at radius 3 is 2.56 bits per heavy atom. The van der Waals surface area contributed by atoms with Gasteiger partial charge in [0.05, 0.1) is 5.69 Å². The highest BCUT2D eigenvalue weighted by molar-refractivity contribution is 7.89. The minimum atomic E-state index is -4.14. The van der Waals surface area contributed by atoms with Gasteiger partial charge in [0.15, 0.2) is 0 Å². The normalized spacial score (nSPS) is 11.7. The summed E-state index contributed by atoms with van der Waals surface area (Å²) in [7, 11) is -4.14. The van der Waals surface area contributed by atoms with E-state index in [1.54, 1.807) is 12.1 Å². The van der Waals surface area contributed by atoms with Crippen LogP contribution in [0.4, 0.5) is 8.78 Å². The Bertz CT molecular complexity index is 1070. The number of benzene rings is 2. The van der Waals surface area contributed by atoms with Gasteiger partial charge in [-0.2, -0.15) is 0 Å². The molecule has 9 heteroatoms. The lowest BCUT2D eigenvalue weighted by Gasteiger charge is -2.07. The summed E-state index contributed by atoms with van der Waals surface area (Å²) in [6.07, 6.45) is 0.382. The third-order valence-electron chi connectivity index (χ3n) is 3.81. The fourth-order valence-electron chi connectivity index (χ4n) is 2.44. The summed E-state index contributed by atoms with van der Waals surface area (Å²) in [6, 6.07) is 9.58. The number of hydrogen-bond donors (Lipinski definition) is 1. The van der Waals surface area contributed by atoms with Crippen molar-refractivity contribution >= 4 is 33.0 Å². The molecule has 1 heterocycles. The topological polar surface area (TPSA) is 59.1 Å². The second kappa shape index (κ2) is 8.02. The van der Waals surface area contributed by atoms with Gasteiger partial charge in [-0.1, -0.05) is 23.7 Å². The molecule has 0 bridgehead atoms. The summed E-state index contributed by atoms with van der Waals surface area (Å²) in [5.41, 5.74) is 1.71. The van der Waals surface area contributed by atoms with Gasteiger partial charge in [0.25, 0.3) is 0 Å². The first-order valence-electron chi connectivity index (χ1n) is 7.93. The molecule has 1 N–H and O–H groups in total. The van der Waals surface area contributed by atoms with Crippen molar-refractivity contribution in [2.24, 2.45) is 0 Å². The summed E-state index contributed by atoms with van der Waals surface area (Å²) in [5, 5.41) is 1.43. The summed E-state index contributed by atoms with van der Waals surface area (Å²) >= 11 is 7.33. The van der Waals surface area contributed by atoms with Crippen LogP contribution in [-0.4, -0.2) is 19.9 Å². The Balaban J connectivity index is 1.70. The van der Waals surface area contributed by atoms with Crippen LogP contribution >= 0.6 is 22.9 Å². The molecule has 3 rings (SSSR count). The largest absolute Gasteiger partial charge is 0.243 e. The molecule has 142 valence electrons. The van der Waals surface area contributed by atoms with Crippen molar-refractivity contribution < 1.29 is 17.2 Å². The van der Waals surface area contributed by atoms with E-state index in [0.717, 1.165) is 33.3 Å². The minimum Gasteiger partial charge on any atom is -0.241 e. The van der Waals surface area contributed by atoms with Crippen LogP contribution in [0.1, 0.15) is 10.6 Å². The molecule has 0 aliphatic carbocycles. The highest BCUT2D eigenvalue weighted by atomic mass is 35.5. The molecule has 2 aromatic carbocycles. The Kier molecular flexibility index (Phi) is 5.90. The lowest BCUT2D eigenvalue weighted by atomic mass is 10.2. The smallest absolute Gasteiger partial charge is 0.241 e. The van der Waals surface area contributed by atoms with Crippen molar-refractivity contribution in [2.45, 2.75) is 18.2 Å². The number of hydrogen-bond acceptors (Lipinski definition) is 4. The van der Waals surface area contributed by atoms with E-state index in [1.807, 2.05) is 19.1 Å². The minimum absolute atomic E-state index is 0.0430. The summed E-state index contributed by atoms with van der Waals surface area (Å²) in [6.45, 7) is 1.88. The quantitative estimate of drug-likeness (QED) is 0.625. The van der Waals surface area contributed by atoms with Gasteiger partial charge in [-0.15, -0.1) is 11.3 Å². The zero-order chi connectivity index (χ0) is 19.6. The molecule has 3 aromatic rings. The number of aryl methyl sites for hydroxylation is 1. The molecule has 1 aromatic heterocycles. The number of rotatable bonds is 6. The first-order chi connectivity index (χ1) is 12.8. The molecule has 0 fully saturated rings. The highest BCUT2D eigenvalue weighted by Gasteiger charge is 2.20. The maximum absolute atomic E-state index is 13.7. The summed E-state index contributed by atoms with van der Waals surface area (Å²) in [5.74, 6) is -1.81. The van der Waals surface area contributed by atoms with Gasteiger partial charge in [-0.05, 0) is 43.7 Å². The Labute approximate surface area is 164 Å². The maximum atomic E-state index is 13.7. The van der Waals surface area contributed by atoms with Gasteiger partial charge in [-0.3, -0.25) is 0 Å². The maximum Gasteiger partial charge on any atom is 0.243 e. The molecule has 0 aliphatic heterocycles. The number of nitrogens with zero attached hydrogens (tertiary/aromatic N) is 1. The lowest BCUT2D eigenvalue weighted by molar-refractivity contribution is 0.546. The van der Waals surface area contributed by atoms with E-state index in [2.05, 4.69) is 9.71 Å². The molecule has 0 spiro atoms. The van der Waals surface area contributed by atoms with E-state index in [4.69, 9.17) is 11.6 Å². The first kappa shape index (κ1) is 19.9. The van der Waals surface area contributed by atoms with Crippen LogP contribution in [0, 0.1) is 18.6 Å². The van der Waals surface area contributed by atoms with Gasteiger partial charge in [0.1, 0.15) is 21.5 Å². The zero-order valence-corrected chi connectivity index (χ0v) is 16.6. The lowest BCUT2D eigenvalue weighted by Crippen LogP contribution is -2.26. The number of halogens is 3. The molecule has 0 aliphatic rings. The fourth-order valence-corrected chi connectivity index (χ4v) is 4.75. The standard InChI is InChI=1S/C18H15ClF2N2O2S2/c1-11-16(26-18(23-11)12-2-4-13(19)5-3-12)8-9-22-27(24,25)17-10-14(20)6-7-15(17)21/h2-7,10,22H,8-9H2,1H3. The van der Waals surface area contributed by atoms with E-state index in [-0.39, 0.29) is 6.54 Å². The highest BCUT2D eigenvalue weighted by Crippen LogP contribution is 2.29. The van der Waals surface area contributed by atoms with E-state index < -0.39 is 26.6 Å². The summed E-state index contributed by atoms with van der Waals surface area (Å²) < 4.78 is 53.6. The summed E-state index contributed by atoms with van der Waals surface area (Å²) in [4.78, 5) is 4.70. The van der Waals surface area contributed by atoms with Gasteiger partial charge in [-0.25, -0.2) is 26.9 Å². The second-order valence-electron chi connectivity index (χ2n) is 5.76. The monoisotopic (exact) mass is 428 g/mol. The van der Waals surface area contributed by atoms with Gasteiger partial charge >= 0.3 is 0 Å². The third-order valence-corrected chi connectivity index (χ3v) is 6.81. The van der Waals surface area contributed by atoms with E-state index >= 15 is 0 Å². The number of nitrogens with one attached hydrogen (secondary N) is 1. The van der Waals surface area contributed by atoms with Crippen molar-refractivity contribution in [2.75, 3.05) is 6.54 Å². The molecular weight excluding hydrogens is 414 g/mol. The van der Waals surface area contributed by atoms with Crippen LogP contribution in [0.2, 0.25) is 5.02 Å². The predicted molar refractivity (Wildman–Crippen MR) is 103 cm³/mol. The molecule has 27 heavy (non-hydrogen) atoms. The van der Waals surface area contributed by atoms with Crippen LogP contribution in [-0.2, 0) is 16.4 Å². The van der Waals surface area contributed by atoms with Gasteiger partial charge < -0.3 is 0 Å². The van der Waals surface area contributed by atoms with Crippen LogP contribution in [0.3, 0.4) is 0 Å². The predicted octanol–water partition coefficient (Wildman–Crippen LogP) is 4.57. The molecule has 0 atom stereocenters. The first-order valence-corrected chi connectivity index (χ1v) is 10.6. The molecule has 0 unspecified atom stereocenters. The molecular formula is C18H15ClF2N2O2S2. The van der Waals surface area contributed by atoms with Crippen LogP contribution in [0.5, 0.6) is 0 Å². The Morgan fingerprint density at radius 2 is 1.85 bits per heavy atom. The van der Waals surface area contributed by atoms with E-state index in [0.29, 0.717) is 17.5 Å². The van der Waals surface area contributed by atoms with Crippen LogP contribution in [0.15, 0.2) is 47.4 Å². The van der Waals surface area contributed by atoms with Crippen molar-refractivity contribution in [3.8, 4) is 10.6 Å². The van der Waals surface area contributed by atoms with Gasteiger partial charge in [0, 0.05) is 22.0 Å². The van der Waals surface area contributed by atoms with Gasteiger partial charge in [0.2, 0.25) is 10.0 Å². The van der Waals surface area contributed by atoms with Crippen molar-refractivity contribution in [3.63, 3.8) is 0 Å². The van der Waals surface area contributed by atoms with Crippen molar-refractivity contribution in [1.82, 2.24) is 9.71 Å². The third kappa shape index (κ3) is 4.70. The fraction of sp³-hybridized carbons (Fsp3) is 0.167. The second-order valence-corrected chi connectivity index (χ2v) is 9.01. The van der Waals surface area contributed by atoms with Crippen LogP contribution in [0.25, 0.3) is 10.6 Å². The average molecular weight is 429 g/mol. The zero-order valence-electron chi connectivity index (χ0n) is 14.2. The number of thiazole rings is 1. The average Bonchev–Trinajstić information content (AvgIpc) is 2.98. The molecule has 0 saturated carbocycles. The molecule has 0 saturated heterocycles. The molecule has 4 nitrogen and oxygen atoms in total. The molecule has 0 amide bonds. The SMILES string of the molecule is Cc1nc(-c2ccc(Cl)cc2)sc1CCNS(=O)(=O)c1cc(F)ccc1F. The van der Waals surface area contributed by atoms with Crippen molar-refractivity contribution in [3.05, 3.63) is 69.7 Å². The molecule has 0 radical (unpaired) electrons. The van der Waals surface area contributed by atoms with E-state index in [1.165, 1.54) is 11.3 Å². The Hall–Kier alpha value is -1.87. The number of aromatic nitrogens is 1. The number of sulfonamides is 1. The van der Waals surface area contributed by atoms with E-state index in [9.17, 15) is 17.2 Å². The van der Waals surface area contributed by atoms with Crippen LogP contribution < -0.4 is 4.72 Å².